The third kappa shape index (κ3) is 3.26. The van der Waals surface area contributed by atoms with Crippen molar-refractivity contribution in [1.29, 1.82) is 0 Å². The van der Waals surface area contributed by atoms with Crippen LogP contribution >= 0.6 is 11.3 Å². The standard InChI is InChI=1S/C14H18N2O3S/c1-14(2,3)10-7-9(18-4)5-6-11(10)19-13-16-15-12(8-17)20-13/h5-7,17H,8H2,1-4H3. The van der Waals surface area contributed by atoms with E-state index >= 15 is 0 Å². The number of benzene rings is 1. The van der Waals surface area contributed by atoms with Crippen molar-refractivity contribution in [3.8, 4) is 16.7 Å². The lowest BCUT2D eigenvalue weighted by atomic mass is 9.86. The lowest BCUT2D eigenvalue weighted by Crippen LogP contribution is -2.12. The highest BCUT2D eigenvalue weighted by molar-refractivity contribution is 7.13. The molecule has 2 rings (SSSR count). The molecule has 1 heterocycles. The molecule has 0 aliphatic carbocycles. The minimum absolute atomic E-state index is 0.0889. The van der Waals surface area contributed by atoms with E-state index in [0.29, 0.717) is 10.2 Å². The number of nitrogens with zero attached hydrogens (tertiary/aromatic N) is 2. The molecule has 0 saturated carbocycles. The van der Waals surface area contributed by atoms with Gasteiger partial charge in [-0.05, 0) is 23.6 Å². The fourth-order valence-electron chi connectivity index (χ4n) is 1.75. The Hall–Kier alpha value is -1.66. The summed E-state index contributed by atoms with van der Waals surface area (Å²) >= 11 is 1.23. The van der Waals surface area contributed by atoms with Gasteiger partial charge in [0.2, 0.25) is 0 Å². The first kappa shape index (κ1) is 14.7. The predicted molar refractivity (Wildman–Crippen MR) is 77.6 cm³/mol. The van der Waals surface area contributed by atoms with E-state index in [0.717, 1.165) is 17.1 Å². The molecule has 0 fully saturated rings. The van der Waals surface area contributed by atoms with Crippen molar-refractivity contribution in [3.05, 3.63) is 28.8 Å². The summed E-state index contributed by atoms with van der Waals surface area (Å²) in [5, 5.41) is 17.7. The Bertz CT molecular complexity index is 590. The van der Waals surface area contributed by atoms with Gasteiger partial charge in [-0.1, -0.05) is 37.2 Å². The summed E-state index contributed by atoms with van der Waals surface area (Å²) in [7, 11) is 1.64. The zero-order chi connectivity index (χ0) is 14.8. The molecule has 0 aliphatic heterocycles. The number of methoxy groups -OCH3 is 1. The predicted octanol–water partition coefficient (Wildman–Crippen LogP) is 3.13. The second-order valence-corrected chi connectivity index (χ2v) is 6.36. The molecular weight excluding hydrogens is 276 g/mol. The van der Waals surface area contributed by atoms with E-state index in [1.54, 1.807) is 7.11 Å². The van der Waals surface area contributed by atoms with Gasteiger partial charge in [0.15, 0.2) is 0 Å². The van der Waals surface area contributed by atoms with Crippen LogP contribution in [0.15, 0.2) is 18.2 Å². The van der Waals surface area contributed by atoms with Crippen molar-refractivity contribution in [2.24, 2.45) is 0 Å². The lowest BCUT2D eigenvalue weighted by molar-refractivity contribution is 0.280. The number of aliphatic hydroxyl groups is 1. The van der Waals surface area contributed by atoms with Gasteiger partial charge in [0.25, 0.3) is 5.19 Å². The van der Waals surface area contributed by atoms with Gasteiger partial charge in [-0.15, -0.1) is 5.10 Å². The summed E-state index contributed by atoms with van der Waals surface area (Å²) in [5.74, 6) is 1.51. The van der Waals surface area contributed by atoms with E-state index in [1.165, 1.54) is 11.3 Å². The first-order valence-electron chi connectivity index (χ1n) is 6.23. The Morgan fingerprint density at radius 3 is 2.55 bits per heavy atom. The van der Waals surface area contributed by atoms with Crippen LogP contribution < -0.4 is 9.47 Å². The number of aromatic nitrogens is 2. The molecule has 108 valence electrons. The van der Waals surface area contributed by atoms with Crippen molar-refractivity contribution < 1.29 is 14.6 Å². The fraction of sp³-hybridized carbons (Fsp3) is 0.429. The molecule has 1 N–H and O–H groups in total. The maximum atomic E-state index is 9.00. The molecule has 2 aromatic rings. The molecule has 0 bridgehead atoms. The number of rotatable bonds is 4. The van der Waals surface area contributed by atoms with Crippen molar-refractivity contribution in [1.82, 2.24) is 10.2 Å². The van der Waals surface area contributed by atoms with Crippen molar-refractivity contribution in [2.45, 2.75) is 32.8 Å². The number of aliphatic hydroxyl groups excluding tert-OH is 1. The second kappa shape index (κ2) is 5.76. The second-order valence-electron chi connectivity index (χ2n) is 5.33. The summed E-state index contributed by atoms with van der Waals surface area (Å²) in [6.07, 6.45) is 0. The van der Waals surface area contributed by atoms with Gasteiger partial charge in [-0.25, -0.2) is 0 Å². The summed E-state index contributed by atoms with van der Waals surface area (Å²) in [6.45, 7) is 6.19. The topological polar surface area (TPSA) is 64.5 Å². The van der Waals surface area contributed by atoms with Gasteiger partial charge < -0.3 is 14.6 Å². The molecule has 6 heteroatoms. The fourth-order valence-corrected chi connectivity index (χ4v) is 2.31. The summed E-state index contributed by atoms with van der Waals surface area (Å²) in [4.78, 5) is 0. The van der Waals surface area contributed by atoms with Gasteiger partial charge >= 0.3 is 0 Å². The van der Waals surface area contributed by atoms with E-state index in [9.17, 15) is 0 Å². The third-order valence-electron chi connectivity index (χ3n) is 2.78. The highest BCUT2D eigenvalue weighted by Gasteiger charge is 2.21. The van der Waals surface area contributed by atoms with Crippen LogP contribution in [0.25, 0.3) is 0 Å². The van der Waals surface area contributed by atoms with Crippen LogP contribution in [0.2, 0.25) is 0 Å². The van der Waals surface area contributed by atoms with Crippen molar-refractivity contribution in [2.75, 3.05) is 7.11 Å². The molecule has 5 nitrogen and oxygen atoms in total. The molecule has 0 radical (unpaired) electrons. The lowest BCUT2D eigenvalue weighted by Gasteiger charge is -2.22. The molecule has 20 heavy (non-hydrogen) atoms. The Morgan fingerprint density at radius 2 is 2.00 bits per heavy atom. The van der Waals surface area contributed by atoms with Gasteiger partial charge in [-0.2, -0.15) is 0 Å². The maximum Gasteiger partial charge on any atom is 0.299 e. The largest absolute Gasteiger partial charge is 0.497 e. The summed E-state index contributed by atoms with van der Waals surface area (Å²) < 4.78 is 11.1. The molecule has 1 aromatic heterocycles. The van der Waals surface area contributed by atoms with Crippen LogP contribution in [0, 0.1) is 0 Å². The van der Waals surface area contributed by atoms with Crippen molar-refractivity contribution in [3.63, 3.8) is 0 Å². The van der Waals surface area contributed by atoms with Crippen LogP contribution in [0.3, 0.4) is 0 Å². The number of hydrogen-bond acceptors (Lipinski definition) is 6. The van der Waals surface area contributed by atoms with Crippen LogP contribution in [-0.4, -0.2) is 22.4 Å². The highest BCUT2D eigenvalue weighted by atomic mass is 32.1. The smallest absolute Gasteiger partial charge is 0.299 e. The minimum atomic E-state index is -0.129. The van der Waals surface area contributed by atoms with E-state index in [1.807, 2.05) is 18.2 Å². The van der Waals surface area contributed by atoms with Crippen LogP contribution in [0.4, 0.5) is 0 Å². The molecule has 0 aliphatic rings. The molecule has 0 unspecified atom stereocenters. The molecule has 0 atom stereocenters. The zero-order valence-electron chi connectivity index (χ0n) is 12.0. The quantitative estimate of drug-likeness (QED) is 0.938. The highest BCUT2D eigenvalue weighted by Crippen LogP contribution is 2.37. The SMILES string of the molecule is COc1ccc(Oc2nnc(CO)s2)c(C(C)(C)C)c1. The average Bonchev–Trinajstić information content (AvgIpc) is 2.85. The Morgan fingerprint density at radius 1 is 1.25 bits per heavy atom. The summed E-state index contributed by atoms with van der Waals surface area (Å²) in [6, 6.07) is 5.67. The average molecular weight is 294 g/mol. The molecular formula is C14H18N2O3S. The van der Waals surface area contributed by atoms with E-state index < -0.39 is 0 Å². The third-order valence-corrected chi connectivity index (χ3v) is 3.56. The maximum absolute atomic E-state index is 9.00. The summed E-state index contributed by atoms with van der Waals surface area (Å²) in [5.41, 5.74) is 0.937. The minimum Gasteiger partial charge on any atom is -0.497 e. The van der Waals surface area contributed by atoms with Crippen LogP contribution in [-0.2, 0) is 12.0 Å². The molecule has 1 aromatic carbocycles. The zero-order valence-corrected chi connectivity index (χ0v) is 12.8. The van der Waals surface area contributed by atoms with Gasteiger partial charge in [0.05, 0.1) is 13.7 Å². The molecule has 0 saturated heterocycles. The Balaban J connectivity index is 2.35. The van der Waals surface area contributed by atoms with E-state index in [2.05, 4.69) is 31.0 Å². The van der Waals surface area contributed by atoms with E-state index in [-0.39, 0.29) is 12.0 Å². The first-order valence-corrected chi connectivity index (χ1v) is 7.05. The van der Waals surface area contributed by atoms with Gasteiger partial charge in [-0.3, -0.25) is 0 Å². The van der Waals surface area contributed by atoms with Crippen LogP contribution in [0.5, 0.6) is 16.7 Å². The van der Waals surface area contributed by atoms with Crippen molar-refractivity contribution >= 4 is 11.3 Å². The number of hydrogen-bond donors (Lipinski definition) is 1. The van der Waals surface area contributed by atoms with E-state index in [4.69, 9.17) is 14.6 Å². The first-order chi connectivity index (χ1) is 9.44. The monoisotopic (exact) mass is 294 g/mol. The number of ether oxygens (including phenoxy) is 2. The molecule has 0 amide bonds. The van der Waals surface area contributed by atoms with Gasteiger partial charge in [0.1, 0.15) is 16.5 Å². The Kier molecular flexibility index (Phi) is 4.25. The van der Waals surface area contributed by atoms with Gasteiger partial charge in [0, 0.05) is 5.56 Å². The Labute approximate surface area is 122 Å². The molecule has 0 spiro atoms. The normalized spacial score (nSPS) is 11.4. The van der Waals surface area contributed by atoms with Crippen LogP contribution in [0.1, 0.15) is 31.3 Å².